The van der Waals surface area contributed by atoms with Crippen LogP contribution in [0.5, 0.6) is 0 Å². The summed E-state index contributed by atoms with van der Waals surface area (Å²) < 4.78 is 6.61. The van der Waals surface area contributed by atoms with Crippen molar-refractivity contribution >= 4 is 61.7 Å². The Morgan fingerprint density at radius 3 is 2.42 bits per heavy atom. The van der Waals surface area contributed by atoms with Crippen molar-refractivity contribution in [3.63, 3.8) is 0 Å². The van der Waals surface area contributed by atoms with Gasteiger partial charge in [0.1, 0.15) is 11.4 Å². The maximum absolute atomic E-state index is 14.0. The monoisotopic (exact) mass is 588 g/mol. The molecular formula is C29H24N4O4S3. The number of rotatable bonds is 9. The van der Waals surface area contributed by atoms with Gasteiger partial charge < -0.3 is 10.1 Å². The number of thioether (sulfide) groups is 1. The van der Waals surface area contributed by atoms with Crippen LogP contribution in [-0.4, -0.2) is 38.8 Å². The number of thiophene rings is 1. The zero-order valence-corrected chi connectivity index (χ0v) is 24.1. The minimum Gasteiger partial charge on any atom is -0.457 e. The predicted molar refractivity (Wildman–Crippen MR) is 162 cm³/mol. The Balaban J connectivity index is 1.46. The second-order valence-corrected chi connectivity index (χ2v) is 11.9. The lowest BCUT2D eigenvalue weighted by atomic mass is 10.0. The summed E-state index contributed by atoms with van der Waals surface area (Å²) in [6, 6.07) is 19.1. The molecule has 11 heteroatoms. The molecule has 0 atom stereocenters. The first-order valence-corrected chi connectivity index (χ1v) is 14.8. The molecule has 0 saturated heterocycles. The SMILES string of the molecule is C=CCOC(=O)c1nc(NC(=O)CSc2nc3sc(C)c(-c4ccccc4)c3c(=O)n2-c2ccccc2)sc1C. The maximum atomic E-state index is 14.0. The van der Waals surface area contributed by atoms with Gasteiger partial charge in [-0.05, 0) is 31.5 Å². The van der Waals surface area contributed by atoms with Gasteiger partial charge in [-0.15, -0.1) is 22.7 Å². The van der Waals surface area contributed by atoms with Gasteiger partial charge >= 0.3 is 5.97 Å². The Hall–Kier alpha value is -4.06. The van der Waals surface area contributed by atoms with Gasteiger partial charge in [-0.25, -0.2) is 14.8 Å². The molecule has 0 aliphatic heterocycles. The van der Waals surface area contributed by atoms with Crippen molar-refractivity contribution in [3.05, 3.63) is 99.1 Å². The van der Waals surface area contributed by atoms with Crippen LogP contribution in [0.15, 0.2) is 83.3 Å². The van der Waals surface area contributed by atoms with Crippen molar-refractivity contribution in [2.24, 2.45) is 0 Å². The molecule has 2 aromatic carbocycles. The third kappa shape index (κ3) is 5.62. The number of fused-ring (bicyclic) bond motifs is 1. The number of hydrogen-bond donors (Lipinski definition) is 1. The lowest BCUT2D eigenvalue weighted by Crippen LogP contribution is -2.22. The number of benzene rings is 2. The second-order valence-electron chi connectivity index (χ2n) is 8.60. The number of thiazole rings is 1. The smallest absolute Gasteiger partial charge is 0.358 e. The average Bonchev–Trinajstić information content (AvgIpc) is 3.49. The van der Waals surface area contributed by atoms with Gasteiger partial charge in [0.2, 0.25) is 5.91 Å². The number of amides is 1. The van der Waals surface area contributed by atoms with Crippen molar-refractivity contribution in [1.82, 2.24) is 14.5 Å². The highest BCUT2D eigenvalue weighted by Gasteiger charge is 2.22. The van der Waals surface area contributed by atoms with E-state index in [2.05, 4.69) is 16.9 Å². The van der Waals surface area contributed by atoms with Crippen LogP contribution in [0.25, 0.3) is 27.0 Å². The molecule has 5 rings (SSSR count). The van der Waals surface area contributed by atoms with Crippen molar-refractivity contribution in [3.8, 4) is 16.8 Å². The molecule has 0 bridgehead atoms. The highest BCUT2D eigenvalue weighted by atomic mass is 32.2. The van der Waals surface area contributed by atoms with Gasteiger partial charge in [0.05, 0.1) is 16.8 Å². The Morgan fingerprint density at radius 1 is 1.02 bits per heavy atom. The largest absolute Gasteiger partial charge is 0.457 e. The van der Waals surface area contributed by atoms with Crippen molar-refractivity contribution in [2.45, 2.75) is 19.0 Å². The maximum Gasteiger partial charge on any atom is 0.358 e. The van der Waals surface area contributed by atoms with E-state index in [0.717, 1.165) is 27.8 Å². The molecule has 1 amide bonds. The van der Waals surface area contributed by atoms with Crippen LogP contribution < -0.4 is 10.9 Å². The van der Waals surface area contributed by atoms with E-state index in [4.69, 9.17) is 9.72 Å². The number of esters is 1. The van der Waals surface area contributed by atoms with E-state index in [1.54, 1.807) is 11.5 Å². The van der Waals surface area contributed by atoms with Crippen LogP contribution in [0.2, 0.25) is 0 Å². The minimum atomic E-state index is -0.575. The Bertz CT molecular complexity index is 1780. The molecule has 8 nitrogen and oxygen atoms in total. The summed E-state index contributed by atoms with van der Waals surface area (Å²) in [5.74, 6) is -0.935. The van der Waals surface area contributed by atoms with Crippen LogP contribution in [0.3, 0.4) is 0 Å². The molecule has 0 spiro atoms. The van der Waals surface area contributed by atoms with E-state index in [9.17, 15) is 14.4 Å². The topological polar surface area (TPSA) is 103 Å². The fraction of sp³-hybridized carbons (Fsp3) is 0.138. The molecule has 3 heterocycles. The number of hydrogen-bond acceptors (Lipinski definition) is 9. The summed E-state index contributed by atoms with van der Waals surface area (Å²) in [6.07, 6.45) is 1.47. The lowest BCUT2D eigenvalue weighted by Gasteiger charge is -2.12. The molecule has 0 aliphatic carbocycles. The molecule has 5 aromatic rings. The van der Waals surface area contributed by atoms with Crippen LogP contribution in [-0.2, 0) is 9.53 Å². The third-order valence-corrected chi connectivity index (χ3v) is 8.67. The lowest BCUT2D eigenvalue weighted by molar-refractivity contribution is -0.113. The van der Waals surface area contributed by atoms with Crippen LogP contribution >= 0.6 is 34.4 Å². The summed E-state index contributed by atoms with van der Waals surface area (Å²) >= 11 is 3.80. The molecule has 202 valence electrons. The van der Waals surface area contributed by atoms with Gasteiger partial charge in [-0.2, -0.15) is 0 Å². The number of anilines is 1. The van der Waals surface area contributed by atoms with Gasteiger partial charge in [-0.3, -0.25) is 14.2 Å². The van der Waals surface area contributed by atoms with Gasteiger partial charge in [0.25, 0.3) is 5.56 Å². The standard InChI is InChI=1S/C29H24N4O4S3/c1-4-15-37-27(36)24-18(3)40-28(31-24)30-21(34)16-38-29-32-25-23(26(35)33(29)20-13-9-6-10-14-20)22(17(2)39-25)19-11-7-5-8-12-19/h4-14H,1,15-16H2,2-3H3,(H,30,31,34). The molecular weight excluding hydrogens is 565 g/mol. The number of carbonyl (C=O) groups excluding carboxylic acids is 2. The number of ether oxygens (including phenoxy) is 1. The van der Waals surface area contributed by atoms with Crippen molar-refractivity contribution in [2.75, 3.05) is 17.7 Å². The molecule has 3 aromatic heterocycles. The van der Waals surface area contributed by atoms with E-state index in [1.165, 1.54) is 28.7 Å². The third-order valence-electron chi connectivity index (χ3n) is 5.85. The summed E-state index contributed by atoms with van der Waals surface area (Å²) in [5, 5.41) is 3.99. The molecule has 0 unspecified atom stereocenters. The van der Waals surface area contributed by atoms with E-state index < -0.39 is 5.97 Å². The van der Waals surface area contributed by atoms with E-state index in [1.807, 2.05) is 67.6 Å². The number of aromatic nitrogens is 3. The van der Waals surface area contributed by atoms with E-state index in [-0.39, 0.29) is 29.5 Å². The zero-order chi connectivity index (χ0) is 28.2. The van der Waals surface area contributed by atoms with Gasteiger partial charge in [-0.1, -0.05) is 72.9 Å². The predicted octanol–water partition coefficient (Wildman–Crippen LogP) is 6.26. The number of carbonyl (C=O) groups is 2. The van der Waals surface area contributed by atoms with Crippen LogP contribution in [0.1, 0.15) is 20.2 Å². The highest BCUT2D eigenvalue weighted by Crippen LogP contribution is 2.37. The first kappa shape index (κ1) is 27.5. The summed E-state index contributed by atoms with van der Waals surface area (Å²) in [7, 11) is 0. The zero-order valence-electron chi connectivity index (χ0n) is 21.7. The molecule has 0 radical (unpaired) electrons. The average molecular weight is 589 g/mol. The molecule has 40 heavy (non-hydrogen) atoms. The quantitative estimate of drug-likeness (QED) is 0.0938. The number of nitrogens with zero attached hydrogens (tertiary/aromatic N) is 3. The first-order valence-electron chi connectivity index (χ1n) is 12.2. The van der Waals surface area contributed by atoms with Crippen molar-refractivity contribution < 1.29 is 14.3 Å². The molecule has 1 N–H and O–H groups in total. The van der Waals surface area contributed by atoms with E-state index >= 15 is 0 Å². The number of nitrogens with one attached hydrogen (secondary N) is 1. The normalized spacial score (nSPS) is 10.9. The van der Waals surface area contributed by atoms with E-state index in [0.29, 0.717) is 31.1 Å². The Labute approximate surface area is 242 Å². The Kier molecular flexibility index (Phi) is 8.24. The molecule has 0 saturated carbocycles. The molecule has 0 fully saturated rings. The number of para-hydroxylation sites is 1. The second kappa shape index (κ2) is 12.0. The fourth-order valence-corrected chi connectivity index (χ4v) is 6.84. The minimum absolute atomic E-state index is 0.0183. The van der Waals surface area contributed by atoms with Crippen LogP contribution in [0.4, 0.5) is 5.13 Å². The van der Waals surface area contributed by atoms with Gasteiger partial charge in [0.15, 0.2) is 16.0 Å². The van der Waals surface area contributed by atoms with Crippen molar-refractivity contribution in [1.29, 1.82) is 0 Å². The van der Waals surface area contributed by atoms with Gasteiger partial charge in [0, 0.05) is 15.3 Å². The highest BCUT2D eigenvalue weighted by molar-refractivity contribution is 7.99. The summed E-state index contributed by atoms with van der Waals surface area (Å²) in [4.78, 5) is 50.4. The Morgan fingerprint density at radius 2 is 1.73 bits per heavy atom. The first-order chi connectivity index (χ1) is 19.4. The summed E-state index contributed by atoms with van der Waals surface area (Å²) in [6.45, 7) is 7.32. The van der Waals surface area contributed by atoms with Crippen LogP contribution in [0, 0.1) is 13.8 Å². The number of aryl methyl sites for hydroxylation is 2. The fourth-order valence-electron chi connectivity index (χ4n) is 4.12. The summed E-state index contributed by atoms with van der Waals surface area (Å²) in [5.41, 5.74) is 2.45. The molecule has 0 aliphatic rings.